The normalized spacial score (nSPS) is 30.0. The summed E-state index contributed by atoms with van der Waals surface area (Å²) < 4.78 is 0. The molecule has 7 N–H and O–H groups in total. The smallest absolute Gasteiger partial charge is 0.255 e. The van der Waals surface area contributed by atoms with Crippen LogP contribution in [0, 0.1) is 11.8 Å². The van der Waals surface area contributed by atoms with E-state index in [1.807, 2.05) is 30.3 Å². The predicted octanol–water partition coefficient (Wildman–Crippen LogP) is 1.82. The highest BCUT2D eigenvalue weighted by molar-refractivity contribution is 6.25. The van der Waals surface area contributed by atoms with Crippen molar-refractivity contribution in [3.8, 4) is 5.75 Å². The van der Waals surface area contributed by atoms with E-state index < -0.39 is 75.6 Å². The molecule has 0 unspecified atom stereocenters. The van der Waals surface area contributed by atoms with E-state index in [4.69, 9.17) is 5.73 Å². The van der Waals surface area contributed by atoms with Crippen LogP contribution in [0.5, 0.6) is 5.75 Å². The summed E-state index contributed by atoms with van der Waals surface area (Å²) in [5, 5.41) is 56.9. The van der Waals surface area contributed by atoms with Crippen molar-refractivity contribution in [3.63, 3.8) is 0 Å². The summed E-state index contributed by atoms with van der Waals surface area (Å²) in [6.45, 7) is 1.69. The minimum absolute atomic E-state index is 0.129. The Morgan fingerprint density at radius 3 is 2.27 bits per heavy atom. The molecule has 10 heteroatoms. The first-order chi connectivity index (χ1) is 18.8. The van der Waals surface area contributed by atoms with Gasteiger partial charge in [-0.05, 0) is 31.1 Å². The highest BCUT2D eigenvalue weighted by atomic mass is 16.4. The summed E-state index contributed by atoms with van der Waals surface area (Å²) in [7, 11) is 2.98. The molecular weight excluding hydrogens is 516 g/mol. The Morgan fingerprint density at radius 1 is 1.02 bits per heavy atom. The average molecular weight is 547 g/mol. The second kappa shape index (κ2) is 9.44. The summed E-state index contributed by atoms with van der Waals surface area (Å²) in [5.74, 6) is -9.08. The fourth-order valence-electron chi connectivity index (χ4n) is 6.52. The van der Waals surface area contributed by atoms with Gasteiger partial charge >= 0.3 is 0 Å². The van der Waals surface area contributed by atoms with Crippen molar-refractivity contribution in [1.29, 1.82) is 0 Å². The van der Waals surface area contributed by atoms with E-state index in [0.717, 1.165) is 5.56 Å². The lowest BCUT2D eigenvalue weighted by Crippen LogP contribution is -2.68. The molecule has 0 radical (unpaired) electrons. The van der Waals surface area contributed by atoms with Gasteiger partial charge in [-0.2, -0.15) is 0 Å². The van der Waals surface area contributed by atoms with Gasteiger partial charge in [-0.15, -0.1) is 0 Å². The first-order valence-electron chi connectivity index (χ1n) is 12.8. The highest BCUT2D eigenvalue weighted by Crippen LogP contribution is 2.55. The number of fused-ring (bicyclic) bond motifs is 3. The number of nitrogens with zero attached hydrogens (tertiary/aromatic N) is 1. The molecule has 3 aliphatic carbocycles. The van der Waals surface area contributed by atoms with Crippen molar-refractivity contribution in [2.75, 3.05) is 14.1 Å². The SMILES string of the molecule is C[C@@H]1c2ccc(/C=C/c3ccccc3)c(O)c2C(=O)C2=C(O)[C@@]3(O)C(=O)C(C(N)=O)=C(O)[C@H](N(C)C)[C@@H]3[C@@H](O)[C@@H]21. The summed E-state index contributed by atoms with van der Waals surface area (Å²) in [6, 6.07) is 11.3. The second-order valence-corrected chi connectivity index (χ2v) is 10.8. The maximum Gasteiger partial charge on any atom is 0.255 e. The van der Waals surface area contributed by atoms with Crippen LogP contribution in [0.4, 0.5) is 0 Å². The van der Waals surface area contributed by atoms with Gasteiger partial charge in [0.2, 0.25) is 5.78 Å². The number of hydrogen-bond donors (Lipinski definition) is 6. The van der Waals surface area contributed by atoms with Crippen molar-refractivity contribution in [2.24, 2.45) is 17.6 Å². The molecule has 10 nitrogen and oxygen atoms in total. The van der Waals surface area contributed by atoms with Crippen LogP contribution in [0.15, 0.2) is 65.1 Å². The van der Waals surface area contributed by atoms with Crippen molar-refractivity contribution in [2.45, 2.75) is 30.6 Å². The van der Waals surface area contributed by atoms with E-state index in [-0.39, 0.29) is 11.3 Å². The fraction of sp³-hybridized carbons (Fsp3) is 0.300. The molecule has 0 heterocycles. The third kappa shape index (κ3) is 3.64. The summed E-state index contributed by atoms with van der Waals surface area (Å²) >= 11 is 0. The molecule has 40 heavy (non-hydrogen) atoms. The Labute approximate surface area is 230 Å². The van der Waals surface area contributed by atoms with Crippen LogP contribution in [-0.4, -0.2) is 79.7 Å². The zero-order valence-electron chi connectivity index (χ0n) is 22.1. The molecule has 0 aromatic heterocycles. The Hall–Kier alpha value is -4.25. The number of ketones is 2. The maximum absolute atomic E-state index is 13.9. The third-order valence-electron chi connectivity index (χ3n) is 8.42. The van der Waals surface area contributed by atoms with Crippen LogP contribution in [0.25, 0.3) is 12.2 Å². The van der Waals surface area contributed by atoms with E-state index in [0.29, 0.717) is 11.1 Å². The molecule has 0 saturated heterocycles. The standard InChI is InChI=1S/C30H30N2O8/c1-13-16-12-11-15(10-9-14-7-5-4-6-8-14)23(33)18(16)24(34)19-17(13)25(35)21-22(32(2)3)26(36)20(29(31)39)28(38)30(21,40)27(19)37/h4-13,17,21-22,25,33,35-37,40H,1-3H3,(H2,31,39)/b10-9+/t13-,17-,21-,22-,25+,30-/m1/s1. The Balaban J connectivity index is 1.71. The number of phenols is 1. The van der Waals surface area contributed by atoms with Crippen molar-refractivity contribution < 1.29 is 39.9 Å². The first kappa shape index (κ1) is 27.3. The molecule has 208 valence electrons. The molecule has 5 rings (SSSR count). The number of phenolic OH excluding ortho intramolecular Hbond substituents is 1. The van der Waals surface area contributed by atoms with Gasteiger partial charge < -0.3 is 31.3 Å². The Kier molecular flexibility index (Phi) is 6.45. The molecule has 2 aromatic rings. The molecular formula is C30H30N2O8. The van der Waals surface area contributed by atoms with Gasteiger partial charge in [0, 0.05) is 17.1 Å². The van der Waals surface area contributed by atoms with E-state index in [9.17, 15) is 39.9 Å². The number of carbonyl (C=O) groups excluding carboxylic acids is 3. The minimum Gasteiger partial charge on any atom is -0.510 e. The maximum atomic E-state index is 13.9. The number of aliphatic hydroxyl groups excluding tert-OH is 3. The first-order valence-corrected chi connectivity index (χ1v) is 12.8. The topological polar surface area (TPSA) is 182 Å². The Morgan fingerprint density at radius 2 is 1.68 bits per heavy atom. The largest absolute Gasteiger partial charge is 0.510 e. The number of primary amides is 1. The molecule has 1 amide bonds. The number of carbonyl (C=O) groups is 3. The average Bonchev–Trinajstić information content (AvgIpc) is 2.90. The number of hydrogen-bond acceptors (Lipinski definition) is 9. The summed E-state index contributed by atoms with van der Waals surface area (Å²) in [5.41, 5.74) is 2.49. The number of rotatable bonds is 4. The third-order valence-corrected chi connectivity index (χ3v) is 8.42. The van der Waals surface area contributed by atoms with Crippen LogP contribution in [0.2, 0.25) is 0 Å². The van der Waals surface area contributed by atoms with Gasteiger partial charge in [0.1, 0.15) is 22.8 Å². The molecule has 0 aliphatic heterocycles. The number of amides is 1. The zero-order chi connectivity index (χ0) is 29.3. The van der Waals surface area contributed by atoms with Crippen molar-refractivity contribution in [1.82, 2.24) is 4.90 Å². The summed E-state index contributed by atoms with van der Waals surface area (Å²) in [6.07, 6.45) is 1.75. The number of aromatic hydroxyl groups is 1. The van der Waals surface area contributed by atoms with Gasteiger partial charge in [0.25, 0.3) is 5.91 Å². The molecule has 0 fully saturated rings. The van der Waals surface area contributed by atoms with Gasteiger partial charge in [-0.25, -0.2) is 0 Å². The quantitative estimate of drug-likeness (QED) is 0.246. The van der Waals surface area contributed by atoms with Crippen LogP contribution < -0.4 is 5.73 Å². The van der Waals surface area contributed by atoms with Gasteiger partial charge in [0.15, 0.2) is 11.4 Å². The van der Waals surface area contributed by atoms with Crippen LogP contribution >= 0.6 is 0 Å². The Bertz CT molecular complexity index is 1540. The molecule has 6 atom stereocenters. The monoisotopic (exact) mass is 546 g/mol. The number of nitrogens with two attached hydrogens (primary N) is 1. The number of benzene rings is 2. The molecule has 2 aromatic carbocycles. The number of aliphatic hydroxyl groups is 4. The van der Waals surface area contributed by atoms with Crippen LogP contribution in [-0.2, 0) is 9.59 Å². The van der Waals surface area contributed by atoms with E-state index in [1.165, 1.54) is 19.0 Å². The number of likely N-dealkylation sites (N-methyl/N-ethyl adjacent to an activating group) is 1. The number of Topliss-reactive ketones (excluding diaryl/α,β-unsaturated/α-hetero) is 2. The summed E-state index contributed by atoms with van der Waals surface area (Å²) in [4.78, 5) is 40.9. The minimum atomic E-state index is -2.94. The van der Waals surface area contributed by atoms with E-state index in [1.54, 1.807) is 31.2 Å². The second-order valence-electron chi connectivity index (χ2n) is 10.8. The van der Waals surface area contributed by atoms with E-state index >= 15 is 0 Å². The van der Waals surface area contributed by atoms with Gasteiger partial charge in [-0.3, -0.25) is 19.3 Å². The molecule has 0 spiro atoms. The van der Waals surface area contributed by atoms with Crippen molar-refractivity contribution >= 4 is 29.6 Å². The fourth-order valence-corrected chi connectivity index (χ4v) is 6.52. The zero-order valence-corrected chi connectivity index (χ0v) is 22.1. The van der Waals surface area contributed by atoms with Gasteiger partial charge in [0.05, 0.1) is 23.6 Å². The van der Waals surface area contributed by atoms with E-state index in [2.05, 4.69) is 0 Å². The molecule has 0 saturated carbocycles. The lowest BCUT2D eigenvalue weighted by Gasteiger charge is -2.53. The predicted molar refractivity (Wildman–Crippen MR) is 145 cm³/mol. The van der Waals surface area contributed by atoms with Crippen LogP contribution in [0.1, 0.15) is 39.9 Å². The molecule has 0 bridgehead atoms. The van der Waals surface area contributed by atoms with Gasteiger partial charge in [-0.1, -0.05) is 61.5 Å². The van der Waals surface area contributed by atoms with Crippen molar-refractivity contribution in [3.05, 3.63) is 87.4 Å². The lowest BCUT2D eigenvalue weighted by atomic mass is 9.55. The lowest BCUT2D eigenvalue weighted by molar-refractivity contribution is -0.162. The highest BCUT2D eigenvalue weighted by Gasteiger charge is 2.67. The van der Waals surface area contributed by atoms with Crippen LogP contribution in [0.3, 0.4) is 0 Å². The molecule has 3 aliphatic rings.